The van der Waals surface area contributed by atoms with E-state index in [1.807, 2.05) is 31.2 Å². The molecule has 1 N–H and O–H groups in total. The van der Waals surface area contributed by atoms with Crippen molar-refractivity contribution >= 4 is 51.5 Å². The van der Waals surface area contributed by atoms with E-state index in [0.717, 1.165) is 17.3 Å². The first-order chi connectivity index (χ1) is 15.8. The van der Waals surface area contributed by atoms with Crippen LogP contribution in [0.4, 0.5) is 11.4 Å². The number of fused-ring (bicyclic) bond motifs is 1. The van der Waals surface area contributed by atoms with Crippen LogP contribution >= 0.6 is 23.4 Å². The first-order valence-electron chi connectivity index (χ1n) is 9.79. The molecule has 8 nitrogen and oxygen atoms in total. The average Bonchev–Trinajstić information content (AvgIpc) is 2.78. The predicted octanol–water partition coefficient (Wildman–Crippen LogP) is 4.99. The van der Waals surface area contributed by atoms with Gasteiger partial charge in [-0.25, -0.2) is 4.98 Å². The molecule has 0 unspecified atom stereocenters. The Hall–Kier alpha value is -3.69. The Morgan fingerprint density at radius 3 is 2.61 bits per heavy atom. The molecule has 0 aliphatic heterocycles. The minimum absolute atomic E-state index is 0.000459. The summed E-state index contributed by atoms with van der Waals surface area (Å²) in [4.78, 5) is 41.1. The summed E-state index contributed by atoms with van der Waals surface area (Å²) >= 11 is 6.98. The SMILES string of the molecule is Cc1ccc(-n2c(SCC(=O)Nc3cc(Cl)ccc3[N+](=O)[O-])nc3ccccc3c2=O)cc1. The standard InChI is InChI=1S/C23H17ClN4O4S/c1-14-6-9-16(10-7-14)27-22(30)17-4-2-3-5-18(17)26-23(27)33-13-21(29)25-19-12-15(24)8-11-20(19)28(31)32/h2-12H,13H2,1H3,(H,25,29). The molecule has 0 saturated carbocycles. The van der Waals surface area contributed by atoms with E-state index >= 15 is 0 Å². The summed E-state index contributed by atoms with van der Waals surface area (Å²) in [7, 11) is 0. The Morgan fingerprint density at radius 1 is 1.15 bits per heavy atom. The van der Waals surface area contributed by atoms with Gasteiger partial charge in [-0.1, -0.05) is 53.2 Å². The smallest absolute Gasteiger partial charge is 0.292 e. The van der Waals surface area contributed by atoms with Crippen molar-refractivity contribution in [1.29, 1.82) is 0 Å². The second-order valence-corrected chi connectivity index (χ2v) is 8.52. The van der Waals surface area contributed by atoms with Crippen LogP contribution in [0.3, 0.4) is 0 Å². The molecule has 1 heterocycles. The highest BCUT2D eigenvalue weighted by Gasteiger charge is 2.18. The molecule has 0 radical (unpaired) electrons. The topological polar surface area (TPSA) is 107 Å². The lowest BCUT2D eigenvalue weighted by Crippen LogP contribution is -2.23. The number of hydrogen-bond acceptors (Lipinski definition) is 6. The Kier molecular flexibility index (Phi) is 6.43. The second-order valence-electron chi connectivity index (χ2n) is 7.14. The third kappa shape index (κ3) is 4.89. The minimum atomic E-state index is -0.598. The molecular formula is C23H17ClN4O4S. The van der Waals surface area contributed by atoms with Gasteiger partial charge >= 0.3 is 0 Å². The lowest BCUT2D eigenvalue weighted by Gasteiger charge is -2.13. The summed E-state index contributed by atoms with van der Waals surface area (Å²) in [6, 6.07) is 18.3. The van der Waals surface area contributed by atoms with Gasteiger partial charge in [-0.2, -0.15) is 0 Å². The average molecular weight is 481 g/mol. The fourth-order valence-corrected chi connectivity index (χ4v) is 4.20. The van der Waals surface area contributed by atoms with Crippen molar-refractivity contribution in [3.05, 3.63) is 97.8 Å². The number of anilines is 1. The zero-order valence-corrected chi connectivity index (χ0v) is 18.9. The molecule has 0 aliphatic carbocycles. The van der Waals surface area contributed by atoms with Crippen LogP contribution in [0, 0.1) is 17.0 Å². The normalized spacial score (nSPS) is 10.8. The van der Waals surface area contributed by atoms with Gasteiger partial charge in [0, 0.05) is 11.1 Å². The number of nitro benzene ring substituents is 1. The van der Waals surface area contributed by atoms with Gasteiger partial charge < -0.3 is 5.32 Å². The number of amides is 1. The molecule has 0 saturated heterocycles. The summed E-state index contributed by atoms with van der Waals surface area (Å²) in [5, 5.41) is 14.8. The maximum atomic E-state index is 13.2. The highest BCUT2D eigenvalue weighted by Crippen LogP contribution is 2.28. The molecule has 33 heavy (non-hydrogen) atoms. The number of rotatable bonds is 6. The van der Waals surface area contributed by atoms with Gasteiger partial charge in [0.05, 0.1) is 27.3 Å². The molecule has 0 aliphatic rings. The van der Waals surface area contributed by atoms with E-state index in [4.69, 9.17) is 11.6 Å². The highest BCUT2D eigenvalue weighted by molar-refractivity contribution is 7.99. The Bertz CT molecular complexity index is 1440. The molecule has 4 aromatic rings. The van der Waals surface area contributed by atoms with E-state index in [1.165, 1.54) is 22.8 Å². The van der Waals surface area contributed by atoms with Crippen LogP contribution in [-0.4, -0.2) is 26.1 Å². The lowest BCUT2D eigenvalue weighted by atomic mass is 10.2. The van der Waals surface area contributed by atoms with Crippen molar-refractivity contribution in [3.8, 4) is 5.69 Å². The first kappa shape index (κ1) is 22.5. The molecule has 10 heteroatoms. The number of carbonyl (C=O) groups is 1. The number of thioether (sulfide) groups is 1. The van der Waals surface area contributed by atoms with Crippen LogP contribution in [0.5, 0.6) is 0 Å². The van der Waals surface area contributed by atoms with Crippen molar-refractivity contribution in [1.82, 2.24) is 9.55 Å². The monoisotopic (exact) mass is 480 g/mol. The number of hydrogen-bond donors (Lipinski definition) is 1. The van der Waals surface area contributed by atoms with Gasteiger partial charge in [-0.05, 0) is 43.3 Å². The summed E-state index contributed by atoms with van der Waals surface area (Å²) in [5.41, 5.74) is 1.66. The largest absolute Gasteiger partial charge is 0.320 e. The maximum Gasteiger partial charge on any atom is 0.292 e. The van der Waals surface area contributed by atoms with Crippen molar-refractivity contribution in [2.75, 3.05) is 11.1 Å². The van der Waals surface area contributed by atoms with Crippen molar-refractivity contribution < 1.29 is 9.72 Å². The summed E-state index contributed by atoms with van der Waals surface area (Å²) in [6.07, 6.45) is 0. The van der Waals surface area contributed by atoms with E-state index in [9.17, 15) is 19.7 Å². The molecule has 0 bridgehead atoms. The minimum Gasteiger partial charge on any atom is -0.320 e. The first-order valence-corrected chi connectivity index (χ1v) is 11.2. The quantitative estimate of drug-likeness (QED) is 0.180. The number of para-hydroxylation sites is 1. The van der Waals surface area contributed by atoms with Gasteiger partial charge in [-0.3, -0.25) is 24.3 Å². The Labute approximate surface area is 197 Å². The fraction of sp³-hybridized carbons (Fsp3) is 0.0870. The van der Waals surface area contributed by atoms with E-state index < -0.39 is 10.8 Å². The number of benzene rings is 3. The molecule has 1 aromatic heterocycles. The van der Waals surface area contributed by atoms with Crippen LogP contribution in [0.2, 0.25) is 5.02 Å². The molecule has 166 valence electrons. The predicted molar refractivity (Wildman–Crippen MR) is 130 cm³/mol. The third-order valence-electron chi connectivity index (χ3n) is 4.80. The number of nitro groups is 1. The van der Waals surface area contributed by atoms with Crippen molar-refractivity contribution in [2.45, 2.75) is 12.1 Å². The third-order valence-corrected chi connectivity index (χ3v) is 5.97. The number of halogens is 1. The van der Waals surface area contributed by atoms with Crippen LogP contribution < -0.4 is 10.9 Å². The number of nitrogens with one attached hydrogen (secondary N) is 1. The molecular weight excluding hydrogens is 464 g/mol. The number of nitrogens with zero attached hydrogens (tertiary/aromatic N) is 3. The number of aromatic nitrogens is 2. The van der Waals surface area contributed by atoms with E-state index in [1.54, 1.807) is 24.3 Å². The molecule has 0 atom stereocenters. The van der Waals surface area contributed by atoms with Gasteiger partial charge in [-0.15, -0.1) is 0 Å². The molecule has 1 amide bonds. The molecule has 0 spiro atoms. The summed E-state index contributed by atoms with van der Waals surface area (Å²) in [6.45, 7) is 1.94. The van der Waals surface area contributed by atoms with Gasteiger partial charge in [0.2, 0.25) is 5.91 Å². The molecule has 4 rings (SSSR count). The fourth-order valence-electron chi connectivity index (χ4n) is 3.21. The zero-order valence-electron chi connectivity index (χ0n) is 17.3. The zero-order chi connectivity index (χ0) is 23.5. The van der Waals surface area contributed by atoms with Crippen LogP contribution in [-0.2, 0) is 4.79 Å². The molecule has 3 aromatic carbocycles. The van der Waals surface area contributed by atoms with Gasteiger partial charge in [0.1, 0.15) is 5.69 Å². The summed E-state index contributed by atoms with van der Waals surface area (Å²) in [5.74, 6) is -0.622. The summed E-state index contributed by atoms with van der Waals surface area (Å²) < 4.78 is 1.46. The van der Waals surface area contributed by atoms with Gasteiger partial charge in [0.25, 0.3) is 11.2 Å². The van der Waals surface area contributed by atoms with Crippen LogP contribution in [0.25, 0.3) is 16.6 Å². The Balaban J connectivity index is 1.66. The van der Waals surface area contributed by atoms with Crippen LogP contribution in [0.15, 0.2) is 76.7 Å². The second kappa shape index (κ2) is 9.43. The van der Waals surface area contributed by atoms with E-state index in [0.29, 0.717) is 21.7 Å². The van der Waals surface area contributed by atoms with Gasteiger partial charge in [0.15, 0.2) is 5.16 Å². The number of aryl methyl sites for hydroxylation is 1. The van der Waals surface area contributed by atoms with Crippen molar-refractivity contribution in [2.24, 2.45) is 0 Å². The maximum absolute atomic E-state index is 13.2. The Morgan fingerprint density at radius 2 is 1.88 bits per heavy atom. The van der Waals surface area contributed by atoms with E-state index in [2.05, 4.69) is 10.3 Å². The van der Waals surface area contributed by atoms with E-state index in [-0.39, 0.29) is 27.7 Å². The van der Waals surface area contributed by atoms with Crippen LogP contribution in [0.1, 0.15) is 5.56 Å². The molecule has 0 fully saturated rings. The lowest BCUT2D eigenvalue weighted by molar-refractivity contribution is -0.383. The highest BCUT2D eigenvalue weighted by atomic mass is 35.5. The number of carbonyl (C=O) groups excluding carboxylic acids is 1. The van der Waals surface area contributed by atoms with Crippen molar-refractivity contribution in [3.63, 3.8) is 0 Å².